The third kappa shape index (κ3) is 7.83. The number of rotatable bonds is 15. The summed E-state index contributed by atoms with van der Waals surface area (Å²) in [5.41, 5.74) is 3.73. The number of primary amides is 1. The minimum atomic E-state index is -1.45. The molecule has 0 aromatic carbocycles. The van der Waals surface area contributed by atoms with Gasteiger partial charge in [0.25, 0.3) is 0 Å². The van der Waals surface area contributed by atoms with Crippen molar-refractivity contribution in [1.82, 2.24) is 10.6 Å². The summed E-state index contributed by atoms with van der Waals surface area (Å²) in [7, 11) is 0. The van der Waals surface area contributed by atoms with Gasteiger partial charge in [0.05, 0.1) is 37.4 Å². The van der Waals surface area contributed by atoms with Crippen LogP contribution in [0.4, 0.5) is 0 Å². The lowest BCUT2D eigenvalue weighted by Crippen LogP contribution is -2.54. The molecule has 1 saturated heterocycles. The molecule has 1 aliphatic heterocycles. The summed E-state index contributed by atoms with van der Waals surface area (Å²) in [6, 6.07) is -2.46. The zero-order chi connectivity index (χ0) is 26.4. The fraction of sp³-hybridized carbons (Fsp3) is 0.773. The molecule has 0 bridgehead atoms. The SMILES string of the molecule is CC(C)C[C@H](NC(=O)[C@@H](CC(=O)[C@@H](NC(=O)C(C)C(N)=O)C(C)O)C(C)O)C(=O)C1(CO)CO1. The molecule has 4 unspecified atom stereocenters. The van der Waals surface area contributed by atoms with Crippen LogP contribution in [0, 0.1) is 17.8 Å². The number of ether oxygens (including phenoxy) is 1. The summed E-state index contributed by atoms with van der Waals surface area (Å²) in [5.74, 6) is -6.38. The van der Waals surface area contributed by atoms with E-state index in [0.29, 0.717) is 0 Å². The number of Topliss-reactive ketones (excluding diaryl/α,β-unsaturated/α-hetero) is 2. The molecule has 0 radical (unpaired) electrons. The second kappa shape index (κ2) is 12.3. The predicted molar refractivity (Wildman–Crippen MR) is 119 cm³/mol. The number of nitrogens with one attached hydrogen (secondary N) is 2. The molecule has 0 saturated carbocycles. The summed E-state index contributed by atoms with van der Waals surface area (Å²) in [5, 5.41) is 34.5. The van der Waals surface area contributed by atoms with Gasteiger partial charge in [0.2, 0.25) is 17.7 Å². The highest BCUT2D eigenvalue weighted by Gasteiger charge is 2.54. The van der Waals surface area contributed by atoms with Crippen LogP contribution in [0.15, 0.2) is 0 Å². The van der Waals surface area contributed by atoms with E-state index in [-0.39, 0.29) is 18.9 Å². The van der Waals surface area contributed by atoms with Crippen molar-refractivity contribution in [2.24, 2.45) is 23.5 Å². The molecule has 194 valence electrons. The van der Waals surface area contributed by atoms with Crippen LogP contribution >= 0.6 is 0 Å². The van der Waals surface area contributed by atoms with Crippen molar-refractivity contribution in [3.05, 3.63) is 0 Å². The molecule has 7 atom stereocenters. The molecule has 12 nitrogen and oxygen atoms in total. The van der Waals surface area contributed by atoms with Crippen molar-refractivity contribution in [2.75, 3.05) is 13.2 Å². The van der Waals surface area contributed by atoms with E-state index in [1.807, 2.05) is 13.8 Å². The molecule has 1 fully saturated rings. The lowest BCUT2D eigenvalue weighted by molar-refractivity contribution is -0.139. The first-order chi connectivity index (χ1) is 15.7. The van der Waals surface area contributed by atoms with E-state index in [9.17, 15) is 39.3 Å². The van der Waals surface area contributed by atoms with Gasteiger partial charge in [0.1, 0.15) is 12.0 Å². The molecule has 0 aliphatic carbocycles. The average molecular weight is 488 g/mol. The van der Waals surface area contributed by atoms with Gasteiger partial charge in [-0.2, -0.15) is 0 Å². The van der Waals surface area contributed by atoms with Crippen LogP contribution in [0.5, 0.6) is 0 Å². The first-order valence-corrected chi connectivity index (χ1v) is 11.2. The fourth-order valence-corrected chi connectivity index (χ4v) is 3.40. The predicted octanol–water partition coefficient (Wildman–Crippen LogP) is -2.21. The van der Waals surface area contributed by atoms with E-state index >= 15 is 0 Å². The number of carbonyl (C=O) groups excluding carboxylic acids is 5. The van der Waals surface area contributed by atoms with Gasteiger partial charge in [0.15, 0.2) is 17.2 Å². The van der Waals surface area contributed by atoms with Gasteiger partial charge in [-0.05, 0) is 33.1 Å². The number of hydrogen-bond acceptors (Lipinski definition) is 9. The van der Waals surface area contributed by atoms with Crippen LogP contribution < -0.4 is 16.4 Å². The van der Waals surface area contributed by atoms with E-state index in [1.165, 1.54) is 20.8 Å². The zero-order valence-corrected chi connectivity index (χ0v) is 20.2. The van der Waals surface area contributed by atoms with Crippen molar-refractivity contribution in [2.45, 2.75) is 77.4 Å². The number of carbonyl (C=O) groups is 5. The zero-order valence-electron chi connectivity index (χ0n) is 20.2. The lowest BCUT2D eigenvalue weighted by Gasteiger charge is -2.27. The topological polar surface area (TPSA) is 209 Å². The molecule has 1 aliphatic rings. The lowest BCUT2D eigenvalue weighted by atomic mass is 9.89. The van der Waals surface area contributed by atoms with Crippen molar-refractivity contribution >= 4 is 29.3 Å². The fourth-order valence-electron chi connectivity index (χ4n) is 3.40. The summed E-state index contributed by atoms with van der Waals surface area (Å²) in [6.45, 7) is 6.95. The average Bonchev–Trinajstić information content (AvgIpc) is 3.54. The minimum absolute atomic E-state index is 0.00236. The van der Waals surface area contributed by atoms with Crippen molar-refractivity contribution in [3.63, 3.8) is 0 Å². The molecule has 1 heterocycles. The van der Waals surface area contributed by atoms with Crippen LogP contribution in [-0.4, -0.2) is 87.7 Å². The van der Waals surface area contributed by atoms with Gasteiger partial charge >= 0.3 is 0 Å². The minimum Gasteiger partial charge on any atom is -0.393 e. The molecule has 1 rings (SSSR count). The van der Waals surface area contributed by atoms with Crippen LogP contribution in [0.3, 0.4) is 0 Å². The Morgan fingerprint density at radius 3 is 1.91 bits per heavy atom. The van der Waals surface area contributed by atoms with E-state index in [0.717, 1.165) is 0 Å². The summed E-state index contributed by atoms with van der Waals surface area (Å²) >= 11 is 0. The normalized spacial score (nSPS) is 22.6. The molecule has 0 aromatic heterocycles. The van der Waals surface area contributed by atoms with E-state index in [2.05, 4.69) is 10.6 Å². The summed E-state index contributed by atoms with van der Waals surface area (Å²) in [6.07, 6.45) is -2.99. The van der Waals surface area contributed by atoms with Gasteiger partial charge < -0.3 is 36.4 Å². The van der Waals surface area contributed by atoms with Gasteiger partial charge in [-0.1, -0.05) is 13.8 Å². The molecule has 0 aromatic rings. The quantitative estimate of drug-likeness (QED) is 0.109. The third-order valence-electron chi connectivity index (χ3n) is 5.82. The Kier molecular flexibility index (Phi) is 10.8. The molecule has 3 amide bonds. The highest BCUT2D eigenvalue weighted by molar-refractivity contribution is 6.02. The van der Waals surface area contributed by atoms with Crippen LogP contribution in [0.1, 0.15) is 47.5 Å². The van der Waals surface area contributed by atoms with Crippen LogP contribution in [0.2, 0.25) is 0 Å². The largest absolute Gasteiger partial charge is 0.393 e. The molecule has 12 heteroatoms. The number of aliphatic hydroxyl groups excluding tert-OH is 3. The van der Waals surface area contributed by atoms with E-state index in [4.69, 9.17) is 10.5 Å². The first-order valence-electron chi connectivity index (χ1n) is 11.2. The molecule has 34 heavy (non-hydrogen) atoms. The standard InChI is InChI=1S/C22H37N3O9/c1-10(2)6-15(18(30)22(8-26)9-34-22)24-21(33)14(12(4)27)7-16(29)17(13(5)28)25-20(32)11(3)19(23)31/h10-15,17,26-28H,6-9H2,1-5H3,(H2,23,31)(H,24,33)(H,25,32)/t11?,12?,13?,14-,15-,17-,22?/m0/s1. The van der Waals surface area contributed by atoms with Gasteiger partial charge in [-0.25, -0.2) is 0 Å². The van der Waals surface area contributed by atoms with Crippen molar-refractivity contribution in [1.29, 1.82) is 0 Å². The smallest absolute Gasteiger partial charge is 0.232 e. The second-order valence-corrected chi connectivity index (χ2v) is 9.36. The summed E-state index contributed by atoms with van der Waals surface area (Å²) in [4.78, 5) is 62.0. The number of amides is 3. The van der Waals surface area contributed by atoms with Gasteiger partial charge in [-0.3, -0.25) is 24.0 Å². The van der Waals surface area contributed by atoms with Crippen LogP contribution in [0.25, 0.3) is 0 Å². The van der Waals surface area contributed by atoms with E-state index < -0.39 is 84.0 Å². The Hall–Kier alpha value is -2.41. The second-order valence-electron chi connectivity index (χ2n) is 9.36. The van der Waals surface area contributed by atoms with Crippen LogP contribution in [-0.2, 0) is 28.7 Å². The van der Waals surface area contributed by atoms with Crippen molar-refractivity contribution in [3.8, 4) is 0 Å². The number of nitrogens with two attached hydrogens (primary N) is 1. The Labute approximate surface area is 198 Å². The molecule has 0 spiro atoms. The molecule has 7 N–H and O–H groups in total. The number of hydrogen-bond donors (Lipinski definition) is 6. The highest BCUT2D eigenvalue weighted by Crippen LogP contribution is 2.30. The first kappa shape index (κ1) is 29.6. The Morgan fingerprint density at radius 1 is 0.971 bits per heavy atom. The number of aliphatic hydroxyl groups is 3. The maximum Gasteiger partial charge on any atom is 0.232 e. The summed E-state index contributed by atoms with van der Waals surface area (Å²) < 4.78 is 5.10. The monoisotopic (exact) mass is 487 g/mol. The Morgan fingerprint density at radius 2 is 1.53 bits per heavy atom. The maximum absolute atomic E-state index is 13.0. The molecular weight excluding hydrogens is 450 g/mol. The third-order valence-corrected chi connectivity index (χ3v) is 5.82. The van der Waals surface area contributed by atoms with Gasteiger partial charge in [0, 0.05) is 6.42 Å². The Balaban J connectivity index is 3.00. The van der Waals surface area contributed by atoms with Gasteiger partial charge in [-0.15, -0.1) is 0 Å². The highest BCUT2D eigenvalue weighted by atomic mass is 16.6. The Bertz CT molecular complexity index is 778. The van der Waals surface area contributed by atoms with E-state index in [1.54, 1.807) is 0 Å². The number of ketones is 2. The van der Waals surface area contributed by atoms with Crippen molar-refractivity contribution < 1.29 is 44.0 Å². The number of epoxide rings is 1. The maximum atomic E-state index is 13.0. The molecular formula is C22H37N3O9.